The second-order valence-corrected chi connectivity index (χ2v) is 11.1. The van der Waals surface area contributed by atoms with Gasteiger partial charge in [-0.1, -0.05) is 68.2 Å². The largest absolute Gasteiger partial charge is 0.382 e. The second-order valence-electron chi connectivity index (χ2n) is 9.97. The number of ether oxygens (including phenoxy) is 2. The van der Waals surface area contributed by atoms with Crippen LogP contribution in [0.1, 0.15) is 81.3 Å². The number of hydrogen-bond donors (Lipinski definition) is 1. The third-order valence-electron chi connectivity index (χ3n) is 6.08. The maximum atomic E-state index is 12.7. The molecule has 8 heteroatoms. The van der Waals surface area contributed by atoms with Crippen LogP contribution in [-0.2, 0) is 25.5 Å². The Balaban J connectivity index is 1.76. The molecule has 206 valence electrons. The number of nitrogens with zero attached hydrogens (tertiary/aromatic N) is 1. The number of hydrogen-bond acceptors (Lipinski definition) is 8. The highest BCUT2D eigenvalue weighted by molar-refractivity contribution is 7.99. The number of aryl methyl sites for hydroxylation is 1. The Bertz CT molecular complexity index is 1100. The van der Waals surface area contributed by atoms with Crippen LogP contribution in [0.3, 0.4) is 0 Å². The minimum atomic E-state index is -1.41. The number of carbonyl (C=O) groups is 2. The average Bonchev–Trinajstić information content (AvgIpc) is 3.73. The van der Waals surface area contributed by atoms with Crippen molar-refractivity contribution < 1.29 is 29.0 Å². The van der Waals surface area contributed by atoms with Crippen LogP contribution in [0.15, 0.2) is 57.4 Å². The Morgan fingerprint density at radius 1 is 1.08 bits per heavy atom. The van der Waals surface area contributed by atoms with Crippen molar-refractivity contribution in [3.63, 3.8) is 0 Å². The highest BCUT2D eigenvalue weighted by Crippen LogP contribution is 2.33. The van der Waals surface area contributed by atoms with Crippen LogP contribution >= 0.6 is 11.8 Å². The van der Waals surface area contributed by atoms with E-state index in [1.54, 1.807) is 24.8 Å². The molecule has 7 nitrogen and oxygen atoms in total. The lowest BCUT2D eigenvalue weighted by atomic mass is 9.94. The highest BCUT2D eigenvalue weighted by Gasteiger charge is 2.26. The van der Waals surface area contributed by atoms with Crippen LogP contribution in [0.2, 0.25) is 0 Å². The summed E-state index contributed by atoms with van der Waals surface area (Å²) in [5.74, 6) is -0.683. The number of epoxide rings is 1. The maximum Gasteiger partial charge on any atom is 0.334 e. The number of ketones is 1. The van der Waals surface area contributed by atoms with E-state index in [9.17, 15) is 14.7 Å². The van der Waals surface area contributed by atoms with Gasteiger partial charge in [0.25, 0.3) is 0 Å². The van der Waals surface area contributed by atoms with Gasteiger partial charge in [-0.25, -0.2) is 4.79 Å². The third kappa shape index (κ3) is 9.66. The van der Waals surface area contributed by atoms with E-state index >= 15 is 0 Å². The van der Waals surface area contributed by atoms with Gasteiger partial charge in [0.15, 0.2) is 5.78 Å². The molecule has 1 unspecified atom stereocenters. The lowest BCUT2D eigenvalue weighted by Crippen LogP contribution is -2.31. The monoisotopic (exact) mass is 541 g/mol. The molecule has 0 radical (unpaired) electrons. The first-order valence-electron chi connectivity index (χ1n) is 13.4. The van der Waals surface area contributed by atoms with Crippen molar-refractivity contribution in [2.24, 2.45) is 5.16 Å². The molecule has 1 heterocycles. The number of aliphatic hydroxyl groups is 1. The van der Waals surface area contributed by atoms with Crippen molar-refractivity contribution in [2.75, 3.05) is 19.8 Å². The molecule has 0 spiro atoms. The zero-order chi connectivity index (χ0) is 27.5. The summed E-state index contributed by atoms with van der Waals surface area (Å²) in [5.41, 5.74) is 1.57. The lowest BCUT2D eigenvalue weighted by Gasteiger charge is -2.17. The third-order valence-corrected chi connectivity index (χ3v) is 7.21. The van der Waals surface area contributed by atoms with Gasteiger partial charge in [-0.15, -0.1) is 0 Å². The zero-order valence-corrected chi connectivity index (χ0v) is 23.6. The molecule has 0 bridgehead atoms. The standard InChI is InChI=1S/C30H39NO6S/c1-5-7-8-9-10-22-17-23(29(33)30(3,4)34)13-16-27(22)38-25-14-11-21(12-15-25)26(31-37-28(32)6-2)20-35-18-24-19-36-24/h11-17,24,34H,5-10,18-20H2,1-4H3/b31-26+. The zero-order valence-electron chi connectivity index (χ0n) is 22.8. The maximum absolute atomic E-state index is 12.7. The van der Waals surface area contributed by atoms with Gasteiger partial charge in [-0.05, 0) is 56.5 Å². The van der Waals surface area contributed by atoms with Gasteiger partial charge in [-0.3, -0.25) is 4.79 Å². The topological polar surface area (TPSA) is 97.7 Å². The number of carbonyl (C=O) groups excluding carboxylic acids is 2. The Labute approximate surface area is 229 Å². The van der Waals surface area contributed by atoms with E-state index in [-0.39, 0.29) is 24.9 Å². The van der Waals surface area contributed by atoms with E-state index in [1.807, 2.05) is 36.4 Å². The summed E-state index contributed by atoms with van der Waals surface area (Å²) >= 11 is 1.63. The number of rotatable bonds is 16. The lowest BCUT2D eigenvalue weighted by molar-refractivity contribution is -0.143. The molecule has 0 amide bonds. The van der Waals surface area contributed by atoms with Gasteiger partial charge in [0, 0.05) is 27.3 Å². The average molecular weight is 542 g/mol. The number of benzene rings is 2. The smallest absolute Gasteiger partial charge is 0.334 e. The first-order chi connectivity index (χ1) is 18.2. The Hall–Kier alpha value is -2.52. The molecule has 1 aliphatic rings. The molecular formula is C30H39NO6S. The Morgan fingerprint density at radius 2 is 1.79 bits per heavy atom. The fourth-order valence-corrected chi connectivity index (χ4v) is 4.69. The summed E-state index contributed by atoms with van der Waals surface area (Å²) in [7, 11) is 0. The van der Waals surface area contributed by atoms with E-state index in [0.717, 1.165) is 46.6 Å². The molecular weight excluding hydrogens is 502 g/mol. The minimum absolute atomic E-state index is 0.134. The van der Waals surface area contributed by atoms with Crippen LogP contribution in [0, 0.1) is 0 Å². The Kier molecular flexibility index (Phi) is 11.5. The number of oxime groups is 1. The molecule has 2 aromatic rings. The predicted octanol–water partition coefficient (Wildman–Crippen LogP) is 5.99. The molecule has 0 saturated carbocycles. The summed E-state index contributed by atoms with van der Waals surface area (Å²) in [5, 5.41) is 14.3. The molecule has 1 atom stereocenters. The van der Waals surface area contributed by atoms with Crippen LogP contribution in [0.25, 0.3) is 0 Å². The van der Waals surface area contributed by atoms with Gasteiger partial charge in [0.05, 0.1) is 19.8 Å². The molecule has 2 aromatic carbocycles. The van der Waals surface area contributed by atoms with Gasteiger partial charge < -0.3 is 19.4 Å². The molecule has 1 aliphatic heterocycles. The molecule has 1 fully saturated rings. The van der Waals surface area contributed by atoms with Crippen molar-refractivity contribution in [3.8, 4) is 0 Å². The molecule has 3 rings (SSSR count). The van der Waals surface area contributed by atoms with E-state index in [0.29, 0.717) is 24.5 Å². The first kappa shape index (κ1) is 30.0. The molecule has 1 N–H and O–H groups in total. The van der Waals surface area contributed by atoms with Gasteiger partial charge in [-0.2, -0.15) is 0 Å². The fraction of sp³-hybridized carbons (Fsp3) is 0.500. The first-order valence-corrected chi connectivity index (χ1v) is 14.2. The van der Waals surface area contributed by atoms with Crippen LogP contribution in [0.4, 0.5) is 0 Å². The molecule has 0 aromatic heterocycles. The van der Waals surface area contributed by atoms with E-state index in [4.69, 9.17) is 14.3 Å². The normalized spacial score (nSPS) is 15.4. The van der Waals surface area contributed by atoms with Crippen LogP contribution in [-0.4, -0.2) is 54.1 Å². The quantitative estimate of drug-likeness (QED) is 0.0696. The fourth-order valence-electron chi connectivity index (χ4n) is 3.74. The van der Waals surface area contributed by atoms with Gasteiger partial charge >= 0.3 is 5.97 Å². The number of unbranched alkanes of at least 4 members (excludes halogenated alkanes) is 3. The SMILES string of the molecule is CCCCCCc1cc(C(=O)C(C)(C)O)ccc1Sc1ccc(/C(COCC2CO2)=N/OC(=O)CC)cc1. The second kappa shape index (κ2) is 14.6. The predicted molar refractivity (Wildman–Crippen MR) is 149 cm³/mol. The van der Waals surface area contributed by atoms with Gasteiger partial charge in [0.1, 0.15) is 17.4 Å². The number of Topliss-reactive ketones (excluding diaryl/α,β-unsaturated/α-hetero) is 1. The van der Waals surface area contributed by atoms with E-state index in [1.165, 1.54) is 20.3 Å². The minimum Gasteiger partial charge on any atom is -0.382 e. The molecule has 1 saturated heterocycles. The summed E-state index contributed by atoms with van der Waals surface area (Å²) in [6.45, 7) is 8.33. The summed E-state index contributed by atoms with van der Waals surface area (Å²) in [6, 6.07) is 13.6. The molecule has 38 heavy (non-hydrogen) atoms. The van der Waals surface area contributed by atoms with Crippen molar-refractivity contribution in [1.82, 2.24) is 0 Å². The molecule has 0 aliphatic carbocycles. The highest BCUT2D eigenvalue weighted by atomic mass is 32.2. The van der Waals surface area contributed by atoms with E-state index in [2.05, 4.69) is 12.1 Å². The van der Waals surface area contributed by atoms with Crippen molar-refractivity contribution in [3.05, 3.63) is 59.2 Å². The summed E-state index contributed by atoms with van der Waals surface area (Å²) < 4.78 is 10.9. The van der Waals surface area contributed by atoms with E-state index < -0.39 is 11.6 Å². The van der Waals surface area contributed by atoms with Crippen molar-refractivity contribution >= 4 is 29.2 Å². The Morgan fingerprint density at radius 3 is 2.42 bits per heavy atom. The van der Waals surface area contributed by atoms with Crippen molar-refractivity contribution in [2.45, 2.75) is 87.7 Å². The van der Waals surface area contributed by atoms with Crippen LogP contribution < -0.4 is 0 Å². The van der Waals surface area contributed by atoms with Crippen LogP contribution in [0.5, 0.6) is 0 Å². The summed E-state index contributed by atoms with van der Waals surface area (Å²) in [6.07, 6.45) is 5.77. The van der Waals surface area contributed by atoms with Crippen molar-refractivity contribution in [1.29, 1.82) is 0 Å². The van der Waals surface area contributed by atoms with Gasteiger partial charge in [0.2, 0.25) is 0 Å². The summed E-state index contributed by atoms with van der Waals surface area (Å²) in [4.78, 5) is 31.4.